The van der Waals surface area contributed by atoms with Gasteiger partial charge in [-0.15, -0.1) is 0 Å². The monoisotopic (exact) mass is 205 g/mol. The molecule has 0 aliphatic carbocycles. The molecule has 1 heterocycles. The molecule has 1 amide bonds. The second-order valence-electron chi connectivity index (χ2n) is 3.70. The summed E-state index contributed by atoms with van der Waals surface area (Å²) in [6.45, 7) is 2.87. The maximum Gasteiger partial charge on any atom is 0.246 e. The van der Waals surface area contributed by atoms with Gasteiger partial charge in [-0.25, -0.2) is 0 Å². The van der Waals surface area contributed by atoms with Crippen LogP contribution in [-0.2, 0) is 16.0 Å². The molecule has 1 aliphatic rings. The largest absolute Gasteiger partial charge is 0.362 e. The molecule has 0 aromatic heterocycles. The van der Waals surface area contributed by atoms with Gasteiger partial charge in [-0.2, -0.15) is 0 Å². The summed E-state index contributed by atoms with van der Waals surface area (Å²) >= 11 is 0. The lowest BCUT2D eigenvalue weighted by Gasteiger charge is -2.23. The Morgan fingerprint density at radius 1 is 1.40 bits per heavy atom. The molecule has 3 heteroatoms. The molecule has 0 spiro atoms. The van der Waals surface area contributed by atoms with E-state index in [1.54, 1.807) is 0 Å². The summed E-state index contributed by atoms with van der Waals surface area (Å²) in [4.78, 5) is 10.9. The predicted octanol–water partition coefficient (Wildman–Crippen LogP) is 1.44. The van der Waals surface area contributed by atoms with Gasteiger partial charge in [-0.05, 0) is 17.5 Å². The van der Waals surface area contributed by atoms with Crippen LogP contribution in [0.2, 0.25) is 0 Å². The molecule has 0 unspecified atom stereocenters. The van der Waals surface area contributed by atoms with Crippen LogP contribution in [0.15, 0.2) is 24.3 Å². The van der Waals surface area contributed by atoms with Crippen molar-refractivity contribution in [2.75, 3.05) is 13.2 Å². The number of carbonyl (C=O) groups excluding carboxylic acids is 1. The molecule has 1 N–H and O–H groups in total. The molecule has 15 heavy (non-hydrogen) atoms. The zero-order valence-corrected chi connectivity index (χ0v) is 8.82. The topological polar surface area (TPSA) is 38.3 Å². The van der Waals surface area contributed by atoms with Crippen LogP contribution in [-0.4, -0.2) is 19.1 Å². The van der Waals surface area contributed by atoms with Crippen molar-refractivity contribution in [3.8, 4) is 0 Å². The van der Waals surface area contributed by atoms with E-state index in [2.05, 4.69) is 36.5 Å². The molecule has 1 fully saturated rings. The highest BCUT2D eigenvalue weighted by molar-refractivity contribution is 5.77. The molecule has 80 valence electrons. The first kappa shape index (κ1) is 10.2. The highest BCUT2D eigenvalue weighted by Crippen LogP contribution is 2.19. The second kappa shape index (κ2) is 4.45. The Bertz CT molecular complexity index is 335. The van der Waals surface area contributed by atoms with E-state index in [1.165, 1.54) is 5.56 Å². The highest BCUT2D eigenvalue weighted by Gasteiger charge is 2.19. The molecule has 1 aromatic carbocycles. The molecule has 0 radical (unpaired) electrons. The molecule has 3 nitrogen and oxygen atoms in total. The summed E-state index contributed by atoms with van der Waals surface area (Å²) in [7, 11) is 0. The Balaban J connectivity index is 2.06. The van der Waals surface area contributed by atoms with Crippen LogP contribution < -0.4 is 5.32 Å². The Kier molecular flexibility index (Phi) is 3.02. The van der Waals surface area contributed by atoms with E-state index in [1.807, 2.05) is 0 Å². The van der Waals surface area contributed by atoms with Gasteiger partial charge < -0.3 is 10.1 Å². The highest BCUT2D eigenvalue weighted by atomic mass is 16.5. The zero-order valence-electron chi connectivity index (χ0n) is 8.82. The zero-order chi connectivity index (χ0) is 10.7. The Hall–Kier alpha value is -1.35. The van der Waals surface area contributed by atoms with Crippen molar-refractivity contribution in [2.45, 2.75) is 19.4 Å². The minimum Gasteiger partial charge on any atom is -0.362 e. The number of rotatable bonds is 2. The molecule has 0 saturated carbocycles. The molecule has 1 aliphatic heterocycles. The van der Waals surface area contributed by atoms with E-state index in [9.17, 15) is 4.79 Å². The van der Waals surface area contributed by atoms with E-state index in [4.69, 9.17) is 4.74 Å². The van der Waals surface area contributed by atoms with E-state index in [0.717, 1.165) is 12.0 Å². The number of benzene rings is 1. The maximum atomic E-state index is 10.9. The maximum absolute atomic E-state index is 10.9. The number of nitrogens with one attached hydrogen (secondary N) is 1. The first-order valence-electron chi connectivity index (χ1n) is 5.26. The third kappa shape index (κ3) is 2.36. The molecule has 1 saturated heterocycles. The fourth-order valence-electron chi connectivity index (χ4n) is 1.67. The third-order valence-corrected chi connectivity index (χ3v) is 2.66. The summed E-state index contributed by atoms with van der Waals surface area (Å²) in [5, 5.41) is 2.80. The quantitative estimate of drug-likeness (QED) is 0.793. The third-order valence-electron chi connectivity index (χ3n) is 2.66. The van der Waals surface area contributed by atoms with Crippen molar-refractivity contribution in [1.29, 1.82) is 0 Å². The van der Waals surface area contributed by atoms with Crippen molar-refractivity contribution in [1.82, 2.24) is 5.32 Å². The lowest BCUT2D eigenvalue weighted by atomic mass is 10.1. The number of hydrogen-bond acceptors (Lipinski definition) is 2. The average molecular weight is 205 g/mol. The Morgan fingerprint density at radius 3 is 2.67 bits per heavy atom. The van der Waals surface area contributed by atoms with Crippen LogP contribution in [0.4, 0.5) is 0 Å². The molecule has 1 atom stereocenters. The standard InChI is InChI=1S/C12H15NO2/c1-2-9-3-5-10(6-4-9)11-7-13-12(14)8-15-11/h3-6,11H,2,7-8H2,1H3,(H,13,14)/t11-/m0/s1. The Labute approximate surface area is 89.4 Å². The van der Waals surface area contributed by atoms with Gasteiger partial charge in [0.1, 0.15) is 12.7 Å². The number of hydrogen-bond donors (Lipinski definition) is 1. The van der Waals surface area contributed by atoms with E-state index in [-0.39, 0.29) is 18.6 Å². The summed E-state index contributed by atoms with van der Waals surface area (Å²) in [6.07, 6.45) is 1.05. The lowest BCUT2D eigenvalue weighted by Crippen LogP contribution is -2.38. The van der Waals surface area contributed by atoms with Crippen molar-refractivity contribution < 1.29 is 9.53 Å². The number of aryl methyl sites for hydroxylation is 1. The normalized spacial score (nSPS) is 21.1. The van der Waals surface area contributed by atoms with Crippen LogP contribution >= 0.6 is 0 Å². The summed E-state index contributed by atoms with van der Waals surface area (Å²) in [5.74, 6) is -0.0311. The smallest absolute Gasteiger partial charge is 0.246 e. The van der Waals surface area contributed by atoms with E-state index >= 15 is 0 Å². The fourth-order valence-corrected chi connectivity index (χ4v) is 1.67. The Morgan fingerprint density at radius 2 is 2.13 bits per heavy atom. The number of morpholine rings is 1. The van der Waals surface area contributed by atoms with Crippen molar-refractivity contribution in [3.63, 3.8) is 0 Å². The molecular formula is C12H15NO2. The number of ether oxygens (including phenoxy) is 1. The van der Waals surface area contributed by atoms with E-state index < -0.39 is 0 Å². The first-order chi connectivity index (χ1) is 7.29. The van der Waals surface area contributed by atoms with Gasteiger partial charge in [-0.3, -0.25) is 4.79 Å². The van der Waals surface area contributed by atoms with Gasteiger partial charge >= 0.3 is 0 Å². The summed E-state index contributed by atoms with van der Waals surface area (Å²) in [5.41, 5.74) is 2.45. The van der Waals surface area contributed by atoms with Crippen molar-refractivity contribution >= 4 is 5.91 Å². The lowest BCUT2D eigenvalue weighted by molar-refractivity contribution is -0.133. The molecule has 0 bridgehead atoms. The van der Waals surface area contributed by atoms with Crippen LogP contribution in [0.5, 0.6) is 0 Å². The predicted molar refractivity (Wildman–Crippen MR) is 57.5 cm³/mol. The fraction of sp³-hybridized carbons (Fsp3) is 0.417. The van der Waals surface area contributed by atoms with Crippen LogP contribution in [0, 0.1) is 0 Å². The molecular weight excluding hydrogens is 190 g/mol. The number of amides is 1. The number of carbonyl (C=O) groups is 1. The summed E-state index contributed by atoms with van der Waals surface area (Å²) in [6, 6.07) is 8.35. The summed E-state index contributed by atoms with van der Waals surface area (Å²) < 4.78 is 5.44. The minimum absolute atomic E-state index is 0.00797. The van der Waals surface area contributed by atoms with Gasteiger partial charge in [0.2, 0.25) is 5.91 Å². The minimum atomic E-state index is -0.0311. The molecule has 1 aromatic rings. The SMILES string of the molecule is CCc1ccc([C@@H]2CNC(=O)CO2)cc1. The first-order valence-corrected chi connectivity index (χ1v) is 5.26. The van der Waals surface area contributed by atoms with Crippen LogP contribution in [0.1, 0.15) is 24.2 Å². The second-order valence-corrected chi connectivity index (χ2v) is 3.70. The van der Waals surface area contributed by atoms with Gasteiger partial charge in [0, 0.05) is 6.54 Å². The van der Waals surface area contributed by atoms with Gasteiger partial charge in [0.25, 0.3) is 0 Å². The van der Waals surface area contributed by atoms with Gasteiger partial charge in [0.05, 0.1) is 0 Å². The van der Waals surface area contributed by atoms with Crippen molar-refractivity contribution in [3.05, 3.63) is 35.4 Å². The van der Waals surface area contributed by atoms with E-state index in [0.29, 0.717) is 6.54 Å². The average Bonchev–Trinajstić information content (AvgIpc) is 2.30. The van der Waals surface area contributed by atoms with Gasteiger partial charge in [0.15, 0.2) is 0 Å². The van der Waals surface area contributed by atoms with Crippen LogP contribution in [0.3, 0.4) is 0 Å². The molecule has 2 rings (SSSR count). The van der Waals surface area contributed by atoms with Crippen molar-refractivity contribution in [2.24, 2.45) is 0 Å². The van der Waals surface area contributed by atoms with Crippen LogP contribution in [0.25, 0.3) is 0 Å². The van der Waals surface area contributed by atoms with Gasteiger partial charge in [-0.1, -0.05) is 31.2 Å².